The van der Waals surface area contributed by atoms with Crippen LogP contribution in [0.25, 0.3) is 10.8 Å². The Hall–Kier alpha value is -1.50. The van der Waals surface area contributed by atoms with Crippen LogP contribution in [0.4, 0.5) is 0 Å². The van der Waals surface area contributed by atoms with Crippen LogP contribution in [0.3, 0.4) is 0 Å². The van der Waals surface area contributed by atoms with Gasteiger partial charge >= 0.3 is 0 Å². The van der Waals surface area contributed by atoms with E-state index in [0.29, 0.717) is 29.4 Å². The summed E-state index contributed by atoms with van der Waals surface area (Å²) in [6.07, 6.45) is 3.93. The second-order valence-electron chi connectivity index (χ2n) is 8.54. The maximum atomic E-state index is 10.6. The minimum Gasteiger partial charge on any atom is -0.507 e. The molecule has 25 heavy (non-hydrogen) atoms. The SMILES string of the molecule is CC(C)[C]C(c1c(C(C)C)cc(O)c2ccccc12)(C(C)C)C(C)C. The Bertz CT molecular complexity index is 714. The molecule has 0 saturated heterocycles. The van der Waals surface area contributed by atoms with Crippen LogP contribution in [-0.4, -0.2) is 5.11 Å². The summed E-state index contributed by atoms with van der Waals surface area (Å²) in [5.74, 6) is 1.93. The van der Waals surface area contributed by atoms with Crippen LogP contribution in [0.1, 0.15) is 72.4 Å². The fourth-order valence-electron chi connectivity index (χ4n) is 4.42. The second kappa shape index (κ2) is 7.40. The summed E-state index contributed by atoms with van der Waals surface area (Å²) in [5.41, 5.74) is 2.45. The van der Waals surface area contributed by atoms with Crippen LogP contribution < -0.4 is 0 Å². The van der Waals surface area contributed by atoms with E-state index in [4.69, 9.17) is 0 Å². The van der Waals surface area contributed by atoms with Crippen molar-refractivity contribution in [1.29, 1.82) is 0 Å². The molecule has 2 aromatic carbocycles. The third-order valence-electron chi connectivity index (χ3n) is 5.44. The highest BCUT2D eigenvalue weighted by Gasteiger charge is 2.43. The van der Waals surface area contributed by atoms with Crippen molar-refractivity contribution < 1.29 is 5.11 Å². The third kappa shape index (κ3) is 3.43. The molecule has 0 atom stereocenters. The summed E-state index contributed by atoms with van der Waals surface area (Å²) < 4.78 is 0. The normalized spacial score (nSPS) is 13.0. The zero-order valence-corrected chi connectivity index (χ0v) is 17.1. The average Bonchev–Trinajstić information content (AvgIpc) is 2.52. The van der Waals surface area contributed by atoms with Gasteiger partial charge in [-0.2, -0.15) is 0 Å². The summed E-state index contributed by atoms with van der Waals surface area (Å²) >= 11 is 0. The van der Waals surface area contributed by atoms with Crippen molar-refractivity contribution in [3.8, 4) is 5.75 Å². The number of benzene rings is 2. The molecule has 0 unspecified atom stereocenters. The Kier molecular flexibility index (Phi) is 5.86. The molecule has 0 aliphatic rings. The van der Waals surface area contributed by atoms with Crippen LogP contribution in [0, 0.1) is 24.2 Å². The Balaban J connectivity index is 3.00. The number of fused-ring (bicyclic) bond motifs is 1. The van der Waals surface area contributed by atoms with E-state index < -0.39 is 0 Å². The predicted molar refractivity (Wildman–Crippen MR) is 109 cm³/mol. The standard InChI is InChI=1S/C24H34O/c1-15(2)14-24(17(5)6,18(7)8)23-20-12-10-9-11-19(20)22(25)13-21(23)16(3)4/h9-13,15-18,25H,1-8H3. The molecule has 0 aliphatic carbocycles. The van der Waals surface area contributed by atoms with Gasteiger partial charge in [-0.1, -0.05) is 79.7 Å². The van der Waals surface area contributed by atoms with Crippen molar-refractivity contribution >= 4 is 10.8 Å². The lowest BCUT2D eigenvalue weighted by Gasteiger charge is -2.45. The first kappa shape index (κ1) is 19.8. The number of rotatable bonds is 6. The molecule has 0 amide bonds. The second-order valence-corrected chi connectivity index (χ2v) is 8.54. The van der Waals surface area contributed by atoms with E-state index in [9.17, 15) is 5.11 Å². The smallest absolute Gasteiger partial charge is 0.123 e. The highest BCUT2D eigenvalue weighted by molar-refractivity contribution is 5.93. The van der Waals surface area contributed by atoms with Gasteiger partial charge in [0.25, 0.3) is 0 Å². The van der Waals surface area contributed by atoms with Crippen molar-refractivity contribution in [2.24, 2.45) is 17.8 Å². The van der Waals surface area contributed by atoms with Gasteiger partial charge in [0, 0.05) is 10.8 Å². The van der Waals surface area contributed by atoms with E-state index in [1.807, 2.05) is 18.2 Å². The molecule has 1 N–H and O–H groups in total. The van der Waals surface area contributed by atoms with Crippen LogP contribution in [0.15, 0.2) is 30.3 Å². The number of phenolic OH excluding ortho intramolecular Hbond substituents is 1. The largest absolute Gasteiger partial charge is 0.507 e. The van der Waals surface area contributed by atoms with E-state index in [0.717, 1.165) is 5.39 Å². The molecule has 0 aliphatic heterocycles. The highest BCUT2D eigenvalue weighted by atomic mass is 16.3. The molecule has 2 radical (unpaired) electrons. The summed E-state index contributed by atoms with van der Waals surface area (Å²) in [6, 6.07) is 10.3. The molecule has 0 heterocycles. The molecular formula is C24H34O. The zero-order chi connectivity index (χ0) is 18.9. The predicted octanol–water partition coefficient (Wildman–Crippen LogP) is 6.96. The summed E-state index contributed by atoms with van der Waals surface area (Å²) in [6.45, 7) is 18.1. The van der Waals surface area contributed by atoms with Gasteiger partial charge in [-0.25, -0.2) is 0 Å². The number of hydrogen-bond donors (Lipinski definition) is 1. The zero-order valence-electron chi connectivity index (χ0n) is 17.1. The first-order chi connectivity index (χ1) is 11.6. The quantitative estimate of drug-likeness (QED) is 0.604. The van der Waals surface area contributed by atoms with Crippen molar-refractivity contribution in [2.45, 2.75) is 66.7 Å². The van der Waals surface area contributed by atoms with E-state index in [2.05, 4.69) is 73.9 Å². The Morgan fingerprint density at radius 2 is 1.36 bits per heavy atom. The van der Waals surface area contributed by atoms with Gasteiger partial charge < -0.3 is 5.11 Å². The van der Waals surface area contributed by atoms with Crippen molar-refractivity contribution in [1.82, 2.24) is 0 Å². The molecule has 2 rings (SSSR count). The fourth-order valence-corrected chi connectivity index (χ4v) is 4.42. The van der Waals surface area contributed by atoms with E-state index in [1.54, 1.807) is 0 Å². The first-order valence-corrected chi connectivity index (χ1v) is 9.65. The Morgan fingerprint density at radius 1 is 0.840 bits per heavy atom. The fraction of sp³-hybridized carbons (Fsp3) is 0.542. The van der Waals surface area contributed by atoms with E-state index in [-0.39, 0.29) is 5.41 Å². The van der Waals surface area contributed by atoms with Gasteiger partial charge in [0.1, 0.15) is 5.75 Å². The van der Waals surface area contributed by atoms with Gasteiger partial charge in [0.15, 0.2) is 0 Å². The van der Waals surface area contributed by atoms with Gasteiger partial charge in [-0.05, 0) is 52.7 Å². The first-order valence-electron chi connectivity index (χ1n) is 9.65. The Labute approximate surface area is 154 Å². The summed E-state index contributed by atoms with van der Waals surface area (Å²) in [7, 11) is 0. The van der Waals surface area contributed by atoms with Gasteiger partial charge in [-0.3, -0.25) is 0 Å². The van der Waals surface area contributed by atoms with Crippen molar-refractivity contribution in [3.63, 3.8) is 0 Å². The molecule has 0 saturated carbocycles. The maximum Gasteiger partial charge on any atom is 0.123 e. The number of aromatic hydroxyl groups is 1. The lowest BCUT2D eigenvalue weighted by Crippen LogP contribution is -2.41. The van der Waals surface area contributed by atoms with Crippen molar-refractivity contribution in [3.05, 3.63) is 47.9 Å². The van der Waals surface area contributed by atoms with Gasteiger partial charge in [-0.15, -0.1) is 0 Å². The average molecular weight is 339 g/mol. The number of hydrogen-bond acceptors (Lipinski definition) is 1. The lowest BCUT2D eigenvalue weighted by molar-refractivity contribution is 0.243. The lowest BCUT2D eigenvalue weighted by atomic mass is 9.58. The molecule has 0 fully saturated rings. The molecular weight excluding hydrogens is 304 g/mol. The van der Waals surface area contributed by atoms with Crippen LogP contribution in [-0.2, 0) is 5.41 Å². The molecule has 1 nitrogen and oxygen atoms in total. The molecule has 1 heteroatoms. The van der Waals surface area contributed by atoms with Crippen molar-refractivity contribution in [2.75, 3.05) is 0 Å². The highest BCUT2D eigenvalue weighted by Crippen LogP contribution is 2.50. The minimum atomic E-state index is -0.152. The van der Waals surface area contributed by atoms with E-state index >= 15 is 0 Å². The summed E-state index contributed by atoms with van der Waals surface area (Å²) in [5, 5.41) is 12.7. The topological polar surface area (TPSA) is 20.2 Å². The molecule has 136 valence electrons. The maximum absolute atomic E-state index is 10.6. The van der Waals surface area contributed by atoms with Crippen LogP contribution in [0.5, 0.6) is 5.75 Å². The monoisotopic (exact) mass is 338 g/mol. The number of phenols is 1. The summed E-state index contributed by atoms with van der Waals surface area (Å²) in [4.78, 5) is 0. The molecule has 0 bridgehead atoms. The third-order valence-corrected chi connectivity index (χ3v) is 5.44. The van der Waals surface area contributed by atoms with Gasteiger partial charge in [0.2, 0.25) is 0 Å². The van der Waals surface area contributed by atoms with Crippen LogP contribution >= 0.6 is 0 Å². The van der Waals surface area contributed by atoms with Gasteiger partial charge in [0.05, 0.1) is 0 Å². The van der Waals surface area contributed by atoms with E-state index in [1.165, 1.54) is 16.5 Å². The van der Waals surface area contributed by atoms with Crippen LogP contribution in [0.2, 0.25) is 0 Å². The molecule has 0 spiro atoms. The minimum absolute atomic E-state index is 0.152. The molecule has 2 aromatic rings. The molecule has 0 aromatic heterocycles. The Morgan fingerprint density at radius 3 is 1.80 bits per heavy atom.